The van der Waals surface area contributed by atoms with Crippen molar-refractivity contribution in [3.63, 3.8) is 0 Å². The van der Waals surface area contributed by atoms with Crippen molar-refractivity contribution in [2.45, 2.75) is 25.5 Å². The number of benzene rings is 1. The van der Waals surface area contributed by atoms with Gasteiger partial charge in [-0.2, -0.15) is 5.10 Å². The lowest BCUT2D eigenvalue weighted by molar-refractivity contribution is -0.127. The normalized spacial score (nSPS) is 16.7. The summed E-state index contributed by atoms with van der Waals surface area (Å²) >= 11 is 0. The van der Waals surface area contributed by atoms with Gasteiger partial charge < -0.3 is 20.3 Å². The van der Waals surface area contributed by atoms with Gasteiger partial charge in [0.15, 0.2) is 5.96 Å². The lowest BCUT2D eigenvalue weighted by Gasteiger charge is -2.16. The lowest BCUT2D eigenvalue weighted by Crippen LogP contribution is -2.45. The summed E-state index contributed by atoms with van der Waals surface area (Å²) in [6.07, 6.45) is 4.04. The van der Waals surface area contributed by atoms with Gasteiger partial charge >= 0.3 is 0 Å². The number of nitrogens with one attached hydrogen (secondary N) is 2. The molecule has 1 aliphatic rings. The van der Waals surface area contributed by atoms with E-state index in [9.17, 15) is 9.18 Å². The van der Waals surface area contributed by atoms with Crippen LogP contribution >= 0.6 is 0 Å². The minimum Gasteiger partial charge on any atom is -0.376 e. The van der Waals surface area contributed by atoms with Gasteiger partial charge in [-0.1, -0.05) is 0 Å². The molecule has 0 spiro atoms. The van der Waals surface area contributed by atoms with E-state index in [-0.39, 0.29) is 24.4 Å². The van der Waals surface area contributed by atoms with E-state index in [1.54, 1.807) is 37.1 Å². The first kappa shape index (κ1) is 20.8. The zero-order valence-corrected chi connectivity index (χ0v) is 16.8. The summed E-state index contributed by atoms with van der Waals surface area (Å²) in [6, 6.07) is 7.98. The largest absolute Gasteiger partial charge is 0.376 e. The maximum Gasteiger partial charge on any atom is 0.241 e. The maximum absolute atomic E-state index is 13.1. The molecular weight excluding hydrogens is 375 g/mol. The van der Waals surface area contributed by atoms with Crippen LogP contribution in [0.5, 0.6) is 0 Å². The number of hydrogen-bond acceptors (Lipinski definition) is 4. The molecule has 9 heteroatoms. The molecule has 1 aromatic carbocycles. The van der Waals surface area contributed by atoms with E-state index in [2.05, 4.69) is 20.7 Å². The van der Waals surface area contributed by atoms with Crippen molar-refractivity contribution in [1.29, 1.82) is 0 Å². The molecule has 0 aliphatic carbocycles. The molecule has 1 saturated heterocycles. The van der Waals surface area contributed by atoms with Crippen LogP contribution < -0.4 is 10.6 Å². The smallest absolute Gasteiger partial charge is 0.241 e. The fourth-order valence-electron chi connectivity index (χ4n) is 2.85. The Morgan fingerprint density at radius 1 is 1.31 bits per heavy atom. The molecule has 1 aromatic heterocycles. The highest BCUT2D eigenvalue weighted by Crippen LogP contribution is 2.11. The monoisotopic (exact) mass is 402 g/mol. The van der Waals surface area contributed by atoms with Gasteiger partial charge in [-0.05, 0) is 43.2 Å². The van der Waals surface area contributed by atoms with Crippen molar-refractivity contribution in [1.82, 2.24) is 25.3 Å². The Bertz CT molecular complexity index is 828. The van der Waals surface area contributed by atoms with Crippen LogP contribution in [0.1, 0.15) is 18.5 Å². The van der Waals surface area contributed by atoms with Crippen LogP contribution in [0.2, 0.25) is 0 Å². The zero-order chi connectivity index (χ0) is 20.6. The fraction of sp³-hybridized carbons (Fsp3) is 0.450. The Kier molecular flexibility index (Phi) is 7.18. The second-order valence-corrected chi connectivity index (χ2v) is 7.05. The van der Waals surface area contributed by atoms with Crippen molar-refractivity contribution < 1.29 is 13.9 Å². The van der Waals surface area contributed by atoms with Gasteiger partial charge in [0.05, 0.1) is 30.6 Å². The van der Waals surface area contributed by atoms with E-state index in [0.29, 0.717) is 19.0 Å². The van der Waals surface area contributed by atoms with Crippen LogP contribution in [-0.2, 0) is 16.1 Å². The van der Waals surface area contributed by atoms with E-state index in [1.165, 1.54) is 17.0 Å². The van der Waals surface area contributed by atoms with E-state index in [4.69, 9.17) is 4.74 Å². The quantitative estimate of drug-likeness (QED) is 0.539. The number of halogens is 1. The van der Waals surface area contributed by atoms with Crippen molar-refractivity contribution in [2.75, 3.05) is 33.8 Å². The predicted molar refractivity (Wildman–Crippen MR) is 108 cm³/mol. The third-order valence-corrected chi connectivity index (χ3v) is 4.56. The number of carbonyl (C=O) groups excluding carboxylic acids is 1. The van der Waals surface area contributed by atoms with Crippen LogP contribution in [0, 0.1) is 5.82 Å². The maximum atomic E-state index is 13.1. The first-order valence-corrected chi connectivity index (χ1v) is 9.65. The summed E-state index contributed by atoms with van der Waals surface area (Å²) in [6.45, 7) is 1.90. The number of ether oxygens (including phenoxy) is 1. The Balaban J connectivity index is 1.62. The van der Waals surface area contributed by atoms with Crippen molar-refractivity contribution >= 4 is 11.9 Å². The zero-order valence-electron chi connectivity index (χ0n) is 16.8. The van der Waals surface area contributed by atoms with Crippen molar-refractivity contribution in [2.24, 2.45) is 4.99 Å². The topological polar surface area (TPSA) is 83.8 Å². The number of rotatable bonds is 7. The minimum absolute atomic E-state index is 0.0443. The summed E-state index contributed by atoms with van der Waals surface area (Å²) < 4.78 is 20.4. The summed E-state index contributed by atoms with van der Waals surface area (Å²) in [7, 11) is 3.42. The number of aliphatic imine (C=N–C) groups is 1. The van der Waals surface area contributed by atoms with Gasteiger partial charge in [0, 0.05) is 33.4 Å². The number of likely N-dealkylation sites (N-methyl/N-ethyl adjacent to an activating group) is 1. The van der Waals surface area contributed by atoms with E-state index < -0.39 is 0 Å². The molecule has 1 aliphatic heterocycles. The number of aromatic nitrogens is 2. The number of guanidine groups is 1. The first-order chi connectivity index (χ1) is 14.0. The average Bonchev–Trinajstić information content (AvgIpc) is 3.39. The highest BCUT2D eigenvalue weighted by molar-refractivity contribution is 5.86. The Morgan fingerprint density at radius 3 is 2.79 bits per heavy atom. The van der Waals surface area contributed by atoms with Crippen molar-refractivity contribution in [3.05, 3.63) is 48.0 Å². The molecule has 2 aromatic rings. The highest BCUT2D eigenvalue weighted by atomic mass is 19.1. The molecule has 1 amide bonds. The molecule has 2 heterocycles. The molecule has 0 saturated carbocycles. The molecule has 0 radical (unpaired) electrons. The Morgan fingerprint density at radius 2 is 2.10 bits per heavy atom. The molecule has 3 rings (SSSR count). The molecule has 2 N–H and O–H groups in total. The molecular formula is C20H27FN6O2. The number of amides is 1. The molecule has 8 nitrogen and oxygen atoms in total. The summed E-state index contributed by atoms with van der Waals surface area (Å²) in [5.74, 6) is 0.204. The Hall–Kier alpha value is -2.94. The SMILES string of the molecule is CN(C)C(=O)CNC(=NCc1ccn(-c2ccc(F)cc2)n1)NCC1CCCO1. The minimum atomic E-state index is -0.286. The molecule has 1 atom stereocenters. The second-order valence-electron chi connectivity index (χ2n) is 7.05. The van der Waals surface area contributed by atoms with E-state index >= 15 is 0 Å². The highest BCUT2D eigenvalue weighted by Gasteiger charge is 2.16. The first-order valence-electron chi connectivity index (χ1n) is 9.65. The number of carbonyl (C=O) groups is 1. The summed E-state index contributed by atoms with van der Waals surface area (Å²) in [5, 5.41) is 10.8. The standard InChI is InChI=1S/C20H27FN6O2/c1-26(2)19(28)14-24-20(23-13-18-4-3-11-29-18)22-12-16-9-10-27(25-16)17-7-5-15(21)6-8-17/h5-10,18H,3-4,11-14H2,1-2H3,(H2,22,23,24). The number of nitrogens with zero attached hydrogens (tertiary/aromatic N) is 4. The van der Waals surface area contributed by atoms with Gasteiger partial charge in [0.25, 0.3) is 0 Å². The summed E-state index contributed by atoms with van der Waals surface area (Å²) in [4.78, 5) is 17.9. The lowest BCUT2D eigenvalue weighted by atomic mass is 10.2. The second kappa shape index (κ2) is 10.0. The van der Waals surface area contributed by atoms with Gasteiger partial charge in [-0.3, -0.25) is 4.79 Å². The van der Waals surface area contributed by atoms with Crippen LogP contribution in [0.4, 0.5) is 4.39 Å². The fourth-order valence-corrected chi connectivity index (χ4v) is 2.85. The third kappa shape index (κ3) is 6.28. The average molecular weight is 402 g/mol. The van der Waals surface area contributed by atoms with Crippen molar-refractivity contribution in [3.8, 4) is 5.69 Å². The van der Waals surface area contributed by atoms with Gasteiger partial charge in [0.2, 0.25) is 5.91 Å². The molecule has 156 valence electrons. The van der Waals surface area contributed by atoms with Crippen LogP contribution in [0.3, 0.4) is 0 Å². The van der Waals surface area contributed by atoms with Crippen LogP contribution in [0.15, 0.2) is 41.5 Å². The van der Waals surface area contributed by atoms with E-state index in [0.717, 1.165) is 30.8 Å². The van der Waals surface area contributed by atoms with Crippen LogP contribution in [-0.4, -0.2) is 66.4 Å². The van der Waals surface area contributed by atoms with Gasteiger partial charge in [-0.25, -0.2) is 14.1 Å². The predicted octanol–water partition coefficient (Wildman–Crippen LogP) is 1.31. The number of hydrogen-bond donors (Lipinski definition) is 2. The van der Waals surface area contributed by atoms with Crippen LogP contribution in [0.25, 0.3) is 5.69 Å². The van der Waals surface area contributed by atoms with E-state index in [1.807, 2.05) is 6.07 Å². The Labute approximate surface area is 169 Å². The molecule has 0 bridgehead atoms. The summed E-state index contributed by atoms with van der Waals surface area (Å²) in [5.41, 5.74) is 1.53. The third-order valence-electron chi connectivity index (χ3n) is 4.56. The van der Waals surface area contributed by atoms with Gasteiger partial charge in [-0.15, -0.1) is 0 Å². The van der Waals surface area contributed by atoms with Gasteiger partial charge in [0.1, 0.15) is 5.82 Å². The molecule has 29 heavy (non-hydrogen) atoms. The molecule has 1 fully saturated rings. The molecule has 1 unspecified atom stereocenters.